The van der Waals surface area contributed by atoms with Crippen LogP contribution in [0, 0.1) is 0 Å². The predicted octanol–water partition coefficient (Wildman–Crippen LogP) is 3.55. The fourth-order valence-electron chi connectivity index (χ4n) is 1.73. The van der Waals surface area contributed by atoms with Gasteiger partial charge in [-0.2, -0.15) is 0 Å². The van der Waals surface area contributed by atoms with Gasteiger partial charge < -0.3 is 5.32 Å². The summed E-state index contributed by atoms with van der Waals surface area (Å²) in [7, 11) is 0. The standard InChI is InChI=1S/C13H16N2S/c1-10(12-6-4-3-5-7-12)15-11(2)13-8-14-9-16-13/h3-11,15H,1-2H3. The van der Waals surface area contributed by atoms with Crippen molar-refractivity contribution in [2.75, 3.05) is 0 Å². The summed E-state index contributed by atoms with van der Waals surface area (Å²) in [4.78, 5) is 5.38. The van der Waals surface area contributed by atoms with Crippen LogP contribution in [0.15, 0.2) is 42.0 Å². The molecule has 1 N–H and O–H groups in total. The minimum atomic E-state index is 0.350. The molecule has 1 aromatic carbocycles. The molecule has 0 aliphatic heterocycles. The van der Waals surface area contributed by atoms with Crippen LogP contribution in [-0.2, 0) is 0 Å². The van der Waals surface area contributed by atoms with Crippen LogP contribution in [0.1, 0.15) is 36.4 Å². The van der Waals surface area contributed by atoms with Gasteiger partial charge in [-0.05, 0) is 19.4 Å². The van der Waals surface area contributed by atoms with Gasteiger partial charge in [0.25, 0.3) is 0 Å². The predicted molar refractivity (Wildman–Crippen MR) is 68.5 cm³/mol. The van der Waals surface area contributed by atoms with E-state index in [-0.39, 0.29) is 0 Å². The van der Waals surface area contributed by atoms with Crippen molar-refractivity contribution >= 4 is 11.3 Å². The van der Waals surface area contributed by atoms with Crippen molar-refractivity contribution in [2.24, 2.45) is 0 Å². The molecule has 0 saturated carbocycles. The molecule has 0 spiro atoms. The first-order chi connectivity index (χ1) is 7.77. The molecule has 1 heterocycles. The van der Waals surface area contributed by atoms with Crippen molar-refractivity contribution in [3.63, 3.8) is 0 Å². The largest absolute Gasteiger partial charge is 0.303 e. The zero-order valence-electron chi connectivity index (χ0n) is 9.55. The van der Waals surface area contributed by atoms with Crippen molar-refractivity contribution in [3.8, 4) is 0 Å². The van der Waals surface area contributed by atoms with Crippen molar-refractivity contribution in [3.05, 3.63) is 52.5 Å². The highest BCUT2D eigenvalue weighted by atomic mass is 32.1. The Morgan fingerprint density at radius 1 is 1.12 bits per heavy atom. The van der Waals surface area contributed by atoms with Crippen molar-refractivity contribution in [1.29, 1.82) is 0 Å². The lowest BCUT2D eigenvalue weighted by Crippen LogP contribution is -2.21. The quantitative estimate of drug-likeness (QED) is 0.872. The molecular formula is C13H16N2S. The Kier molecular flexibility index (Phi) is 3.70. The van der Waals surface area contributed by atoms with E-state index in [1.807, 2.05) is 17.8 Å². The van der Waals surface area contributed by atoms with Gasteiger partial charge in [0, 0.05) is 23.2 Å². The molecule has 2 aromatic rings. The molecule has 0 fully saturated rings. The van der Waals surface area contributed by atoms with Crippen LogP contribution in [0.5, 0.6) is 0 Å². The first kappa shape index (κ1) is 11.3. The van der Waals surface area contributed by atoms with E-state index < -0.39 is 0 Å². The fraction of sp³-hybridized carbons (Fsp3) is 0.308. The summed E-state index contributed by atoms with van der Waals surface area (Å²) in [5, 5.41) is 3.57. The third kappa shape index (κ3) is 2.68. The first-order valence-corrected chi connectivity index (χ1v) is 6.34. The second-order valence-corrected chi connectivity index (χ2v) is 4.84. The van der Waals surface area contributed by atoms with Gasteiger partial charge in [-0.3, -0.25) is 4.98 Å². The highest BCUT2D eigenvalue weighted by Crippen LogP contribution is 2.21. The molecule has 0 amide bonds. The second-order valence-electron chi connectivity index (χ2n) is 3.92. The molecule has 2 nitrogen and oxygen atoms in total. The highest BCUT2D eigenvalue weighted by molar-refractivity contribution is 7.09. The summed E-state index contributed by atoms with van der Waals surface area (Å²) >= 11 is 1.69. The summed E-state index contributed by atoms with van der Waals surface area (Å²) in [5.41, 5.74) is 3.19. The first-order valence-electron chi connectivity index (χ1n) is 5.46. The van der Waals surface area contributed by atoms with Gasteiger partial charge in [0.05, 0.1) is 5.51 Å². The molecule has 0 bridgehead atoms. The van der Waals surface area contributed by atoms with E-state index in [1.165, 1.54) is 10.4 Å². The molecular weight excluding hydrogens is 216 g/mol. The van der Waals surface area contributed by atoms with Crippen LogP contribution in [0.4, 0.5) is 0 Å². The Balaban J connectivity index is 2.00. The van der Waals surface area contributed by atoms with Crippen LogP contribution in [0.3, 0.4) is 0 Å². The molecule has 3 heteroatoms. The molecule has 2 atom stereocenters. The Labute approximate surface area is 100 Å². The Morgan fingerprint density at radius 3 is 2.50 bits per heavy atom. The molecule has 2 unspecified atom stereocenters. The van der Waals surface area contributed by atoms with E-state index in [0.717, 1.165) is 0 Å². The number of nitrogens with one attached hydrogen (secondary N) is 1. The lowest BCUT2D eigenvalue weighted by molar-refractivity contribution is 0.499. The Morgan fingerprint density at radius 2 is 1.88 bits per heavy atom. The van der Waals surface area contributed by atoms with Crippen LogP contribution in [-0.4, -0.2) is 4.98 Å². The van der Waals surface area contributed by atoms with Gasteiger partial charge in [-0.25, -0.2) is 0 Å². The Bertz CT molecular complexity index is 411. The van der Waals surface area contributed by atoms with E-state index >= 15 is 0 Å². The molecule has 0 aliphatic carbocycles. The number of rotatable bonds is 4. The minimum absolute atomic E-state index is 0.350. The molecule has 0 radical (unpaired) electrons. The van der Waals surface area contributed by atoms with E-state index in [2.05, 4.69) is 48.4 Å². The van der Waals surface area contributed by atoms with E-state index in [0.29, 0.717) is 12.1 Å². The highest BCUT2D eigenvalue weighted by Gasteiger charge is 2.11. The molecule has 2 rings (SSSR count). The zero-order valence-corrected chi connectivity index (χ0v) is 10.4. The van der Waals surface area contributed by atoms with Gasteiger partial charge in [0.15, 0.2) is 0 Å². The van der Waals surface area contributed by atoms with Gasteiger partial charge in [-0.15, -0.1) is 11.3 Å². The molecule has 0 aliphatic rings. The van der Waals surface area contributed by atoms with Crippen molar-refractivity contribution < 1.29 is 0 Å². The fourth-order valence-corrected chi connectivity index (χ4v) is 2.37. The number of hydrogen-bond acceptors (Lipinski definition) is 3. The summed E-state index contributed by atoms with van der Waals surface area (Å²) < 4.78 is 0. The maximum atomic E-state index is 4.10. The maximum Gasteiger partial charge on any atom is 0.0794 e. The maximum absolute atomic E-state index is 4.10. The lowest BCUT2D eigenvalue weighted by atomic mass is 10.1. The van der Waals surface area contributed by atoms with Gasteiger partial charge in [0.2, 0.25) is 0 Å². The second kappa shape index (κ2) is 5.23. The topological polar surface area (TPSA) is 24.9 Å². The van der Waals surface area contributed by atoms with E-state index in [1.54, 1.807) is 11.3 Å². The average Bonchev–Trinajstić information content (AvgIpc) is 2.83. The van der Waals surface area contributed by atoms with Crippen LogP contribution < -0.4 is 5.32 Å². The number of thiazole rings is 1. The Hall–Kier alpha value is -1.19. The molecule has 0 saturated heterocycles. The lowest BCUT2D eigenvalue weighted by Gasteiger charge is -2.19. The summed E-state index contributed by atoms with van der Waals surface area (Å²) in [5.74, 6) is 0. The third-order valence-corrected chi connectivity index (χ3v) is 3.64. The van der Waals surface area contributed by atoms with Gasteiger partial charge in [0.1, 0.15) is 0 Å². The average molecular weight is 232 g/mol. The molecule has 1 aromatic heterocycles. The molecule has 16 heavy (non-hydrogen) atoms. The normalized spacial score (nSPS) is 14.6. The number of aromatic nitrogens is 1. The number of hydrogen-bond donors (Lipinski definition) is 1. The monoisotopic (exact) mass is 232 g/mol. The SMILES string of the molecule is CC(NC(C)c1cncs1)c1ccccc1. The summed E-state index contributed by atoms with van der Waals surface area (Å²) in [6, 6.07) is 11.2. The van der Waals surface area contributed by atoms with E-state index in [9.17, 15) is 0 Å². The van der Waals surface area contributed by atoms with Crippen LogP contribution >= 0.6 is 11.3 Å². The van der Waals surface area contributed by atoms with E-state index in [4.69, 9.17) is 0 Å². The smallest absolute Gasteiger partial charge is 0.0794 e. The van der Waals surface area contributed by atoms with Gasteiger partial charge >= 0.3 is 0 Å². The number of benzene rings is 1. The summed E-state index contributed by atoms with van der Waals surface area (Å²) in [6.07, 6.45) is 1.93. The number of nitrogens with zero attached hydrogens (tertiary/aromatic N) is 1. The van der Waals surface area contributed by atoms with Gasteiger partial charge in [-0.1, -0.05) is 30.3 Å². The minimum Gasteiger partial charge on any atom is -0.303 e. The van der Waals surface area contributed by atoms with Crippen molar-refractivity contribution in [2.45, 2.75) is 25.9 Å². The summed E-state index contributed by atoms with van der Waals surface area (Å²) in [6.45, 7) is 4.36. The third-order valence-electron chi connectivity index (χ3n) is 2.68. The zero-order chi connectivity index (χ0) is 11.4. The van der Waals surface area contributed by atoms with Crippen molar-refractivity contribution in [1.82, 2.24) is 10.3 Å². The molecule has 84 valence electrons. The van der Waals surface area contributed by atoms with Crippen LogP contribution in [0.2, 0.25) is 0 Å². The van der Waals surface area contributed by atoms with Crippen LogP contribution in [0.25, 0.3) is 0 Å².